The lowest BCUT2D eigenvalue weighted by molar-refractivity contribution is 0.0955. The molecule has 0 fully saturated rings. The second kappa shape index (κ2) is 5.11. The lowest BCUT2D eigenvalue weighted by atomic mass is 10.2. The van der Waals surface area contributed by atoms with Crippen molar-refractivity contribution < 1.29 is 9.53 Å². The summed E-state index contributed by atoms with van der Waals surface area (Å²) in [6.45, 7) is 0. The molecule has 7 nitrogen and oxygen atoms in total. The Labute approximate surface area is 112 Å². The Morgan fingerprint density at radius 3 is 3.05 bits per heavy atom. The van der Waals surface area contributed by atoms with Gasteiger partial charge in [-0.25, -0.2) is 10.4 Å². The number of para-hydroxylation sites is 1. The van der Waals surface area contributed by atoms with Crippen LogP contribution in [0.2, 0.25) is 0 Å². The maximum Gasteiger partial charge on any atom is 0.275 e. The Bertz CT molecular complexity index is 626. The van der Waals surface area contributed by atoms with Gasteiger partial charge in [0.1, 0.15) is 12.1 Å². The van der Waals surface area contributed by atoms with Crippen LogP contribution in [0.4, 0.5) is 0 Å². The predicted octanol–water partition coefficient (Wildman–Crippen LogP) is 1.03. The smallest absolute Gasteiger partial charge is 0.275 e. The molecule has 0 saturated heterocycles. The molecule has 0 spiro atoms. The minimum Gasteiger partial charge on any atom is -0.440 e. The van der Waals surface area contributed by atoms with E-state index in [1.54, 1.807) is 24.3 Å². The summed E-state index contributed by atoms with van der Waals surface area (Å²) in [5.41, 5.74) is 2.91. The van der Waals surface area contributed by atoms with Gasteiger partial charge in [-0.2, -0.15) is 5.10 Å². The molecule has 19 heavy (non-hydrogen) atoms. The molecule has 1 amide bonds. The average molecular weight is 275 g/mol. The first kappa shape index (κ1) is 11.7. The van der Waals surface area contributed by atoms with E-state index in [0.717, 1.165) is 0 Å². The van der Waals surface area contributed by atoms with Crippen LogP contribution in [0.5, 0.6) is 5.75 Å². The highest BCUT2D eigenvalue weighted by atomic mass is 32.2. The first-order valence-electron chi connectivity index (χ1n) is 5.45. The third kappa shape index (κ3) is 2.58. The molecule has 0 bridgehead atoms. The van der Waals surface area contributed by atoms with E-state index >= 15 is 0 Å². The fourth-order valence-electron chi connectivity index (χ4n) is 1.52. The highest BCUT2D eigenvalue weighted by Gasteiger charge is 2.18. The number of nitrogens with one attached hydrogen (secondary N) is 2. The molecule has 2 N–H and O–H groups in total. The topological polar surface area (TPSA) is 92.3 Å². The quantitative estimate of drug-likeness (QED) is 0.816. The first-order valence-corrected chi connectivity index (χ1v) is 6.43. The van der Waals surface area contributed by atoms with E-state index in [-0.39, 0.29) is 5.91 Å². The number of hydrazone groups is 1. The third-order valence-corrected chi connectivity index (χ3v) is 3.23. The van der Waals surface area contributed by atoms with Crippen LogP contribution in [0, 0.1) is 0 Å². The molecule has 0 unspecified atom stereocenters. The van der Waals surface area contributed by atoms with Crippen LogP contribution in [0.3, 0.4) is 0 Å². The van der Waals surface area contributed by atoms with Crippen molar-refractivity contribution in [1.29, 1.82) is 0 Å². The zero-order valence-corrected chi connectivity index (χ0v) is 10.5. The molecule has 1 aromatic carbocycles. The molecular formula is C11H9N5O2S. The Balaban J connectivity index is 1.75. The average Bonchev–Trinajstić information content (AvgIpc) is 2.89. The van der Waals surface area contributed by atoms with Crippen LogP contribution in [-0.4, -0.2) is 32.7 Å². The standard InChI is InChI=1S/C11H9N5O2S/c17-10-7-3-1-2-4-8(7)18-9(14-15-10)5-19-11-12-6-13-16-11/h1-4,6H,5H2,(H,15,17)(H,12,13,16). The van der Waals surface area contributed by atoms with E-state index < -0.39 is 0 Å². The Hall–Kier alpha value is -2.35. The van der Waals surface area contributed by atoms with Crippen LogP contribution >= 0.6 is 11.8 Å². The maximum atomic E-state index is 11.8. The zero-order valence-electron chi connectivity index (χ0n) is 9.66. The van der Waals surface area contributed by atoms with Gasteiger partial charge in [-0.05, 0) is 12.1 Å². The van der Waals surface area contributed by atoms with Crippen molar-refractivity contribution >= 4 is 23.6 Å². The van der Waals surface area contributed by atoms with Crippen molar-refractivity contribution in [3.63, 3.8) is 0 Å². The van der Waals surface area contributed by atoms with Crippen molar-refractivity contribution in [2.45, 2.75) is 5.16 Å². The fourth-order valence-corrected chi connectivity index (χ4v) is 2.14. The molecule has 0 saturated carbocycles. The highest BCUT2D eigenvalue weighted by Crippen LogP contribution is 2.21. The summed E-state index contributed by atoms with van der Waals surface area (Å²) in [6, 6.07) is 7.00. The summed E-state index contributed by atoms with van der Waals surface area (Å²) < 4.78 is 5.61. The van der Waals surface area contributed by atoms with Crippen molar-refractivity contribution in [1.82, 2.24) is 20.6 Å². The van der Waals surface area contributed by atoms with Crippen LogP contribution in [0.25, 0.3) is 0 Å². The first-order chi connectivity index (χ1) is 9.33. The number of aromatic nitrogens is 3. The summed E-state index contributed by atoms with van der Waals surface area (Å²) in [7, 11) is 0. The van der Waals surface area contributed by atoms with E-state index in [1.807, 2.05) is 0 Å². The van der Waals surface area contributed by atoms with E-state index in [9.17, 15) is 4.79 Å². The molecule has 2 heterocycles. The highest BCUT2D eigenvalue weighted by molar-refractivity contribution is 7.99. The number of hydrogen-bond acceptors (Lipinski definition) is 6. The number of aromatic amines is 1. The number of amides is 1. The summed E-state index contributed by atoms with van der Waals surface area (Å²) in [5.74, 6) is 1.05. The lowest BCUT2D eigenvalue weighted by Gasteiger charge is -2.06. The number of thioether (sulfide) groups is 1. The number of hydrogen-bond donors (Lipinski definition) is 2. The Morgan fingerprint density at radius 1 is 1.32 bits per heavy atom. The van der Waals surface area contributed by atoms with Gasteiger partial charge in [-0.1, -0.05) is 23.9 Å². The van der Waals surface area contributed by atoms with Gasteiger partial charge >= 0.3 is 0 Å². The van der Waals surface area contributed by atoms with Gasteiger partial charge in [0.25, 0.3) is 5.91 Å². The number of fused-ring (bicyclic) bond motifs is 1. The van der Waals surface area contributed by atoms with Crippen molar-refractivity contribution in [2.24, 2.45) is 5.10 Å². The fraction of sp³-hybridized carbons (Fsp3) is 0.0909. The lowest BCUT2D eigenvalue weighted by Crippen LogP contribution is -2.18. The normalized spacial score (nSPS) is 13.9. The molecule has 1 aromatic heterocycles. The molecule has 0 aliphatic carbocycles. The minimum absolute atomic E-state index is 0.282. The molecular weight excluding hydrogens is 266 g/mol. The largest absolute Gasteiger partial charge is 0.440 e. The van der Waals surface area contributed by atoms with Gasteiger partial charge in [0, 0.05) is 0 Å². The summed E-state index contributed by atoms with van der Waals surface area (Å²) >= 11 is 1.38. The van der Waals surface area contributed by atoms with Gasteiger partial charge in [-0.15, -0.1) is 5.10 Å². The third-order valence-electron chi connectivity index (χ3n) is 2.37. The molecule has 3 rings (SSSR count). The van der Waals surface area contributed by atoms with Crippen LogP contribution in [0.1, 0.15) is 10.4 Å². The second-order valence-electron chi connectivity index (χ2n) is 3.62. The molecule has 96 valence electrons. The molecule has 0 atom stereocenters. The number of H-pyrrole nitrogens is 1. The van der Waals surface area contributed by atoms with Crippen LogP contribution in [-0.2, 0) is 0 Å². The molecule has 1 aliphatic rings. The predicted molar refractivity (Wildman–Crippen MR) is 69.1 cm³/mol. The number of nitrogens with zero attached hydrogens (tertiary/aromatic N) is 3. The van der Waals surface area contributed by atoms with Gasteiger partial charge in [-0.3, -0.25) is 9.89 Å². The van der Waals surface area contributed by atoms with Crippen molar-refractivity contribution in [2.75, 3.05) is 5.75 Å². The van der Waals surface area contributed by atoms with E-state index in [2.05, 4.69) is 25.7 Å². The van der Waals surface area contributed by atoms with Crippen LogP contribution < -0.4 is 10.2 Å². The zero-order chi connectivity index (χ0) is 13.1. The molecule has 8 heteroatoms. The number of benzene rings is 1. The Morgan fingerprint density at radius 2 is 2.21 bits per heavy atom. The number of rotatable bonds is 3. The van der Waals surface area contributed by atoms with E-state index in [0.29, 0.717) is 28.1 Å². The van der Waals surface area contributed by atoms with E-state index in [1.165, 1.54) is 18.1 Å². The molecule has 2 aromatic rings. The summed E-state index contributed by atoms with van der Waals surface area (Å²) in [4.78, 5) is 15.7. The molecule has 1 aliphatic heterocycles. The van der Waals surface area contributed by atoms with E-state index in [4.69, 9.17) is 4.74 Å². The minimum atomic E-state index is -0.282. The monoisotopic (exact) mass is 275 g/mol. The summed E-state index contributed by atoms with van der Waals surface area (Å²) in [6.07, 6.45) is 1.43. The van der Waals surface area contributed by atoms with Crippen molar-refractivity contribution in [3.05, 3.63) is 36.2 Å². The van der Waals surface area contributed by atoms with Gasteiger partial charge in [0.15, 0.2) is 5.16 Å². The Kier molecular flexibility index (Phi) is 3.15. The van der Waals surface area contributed by atoms with Crippen LogP contribution in [0.15, 0.2) is 40.9 Å². The van der Waals surface area contributed by atoms with Gasteiger partial charge in [0.05, 0.1) is 11.3 Å². The SMILES string of the molecule is O=C1NN=C(CSc2ncn[nH]2)Oc2ccccc21. The van der Waals surface area contributed by atoms with Crippen molar-refractivity contribution in [3.8, 4) is 5.75 Å². The maximum absolute atomic E-state index is 11.8. The van der Waals surface area contributed by atoms with Gasteiger partial charge in [0.2, 0.25) is 5.90 Å². The summed E-state index contributed by atoms with van der Waals surface area (Å²) in [5, 5.41) is 11.1. The number of carbonyl (C=O) groups is 1. The van der Waals surface area contributed by atoms with Gasteiger partial charge < -0.3 is 4.74 Å². The second-order valence-corrected chi connectivity index (χ2v) is 4.59. The molecule has 0 radical (unpaired) electrons. The number of carbonyl (C=O) groups excluding carboxylic acids is 1. The number of ether oxygens (including phenoxy) is 1.